The minimum absolute atomic E-state index is 0.700. The molecule has 114 valence electrons. The summed E-state index contributed by atoms with van der Waals surface area (Å²) in [6.45, 7) is 4.95. The minimum Gasteiger partial charge on any atom is -0.469 e. The molecule has 0 aliphatic heterocycles. The highest BCUT2D eigenvalue weighted by Gasteiger charge is 2.08. The Hall–Kier alpha value is -1.92. The van der Waals surface area contributed by atoms with Crippen molar-refractivity contribution in [1.29, 1.82) is 0 Å². The zero-order valence-corrected chi connectivity index (χ0v) is 12.8. The van der Waals surface area contributed by atoms with Gasteiger partial charge in [-0.15, -0.1) is 0 Å². The van der Waals surface area contributed by atoms with Crippen molar-refractivity contribution in [3.8, 4) is 0 Å². The molecule has 6 heteroatoms. The number of nitrogens with zero attached hydrogens (tertiary/aromatic N) is 3. The van der Waals surface area contributed by atoms with Gasteiger partial charge >= 0.3 is 0 Å². The van der Waals surface area contributed by atoms with Gasteiger partial charge in [0.2, 0.25) is 5.95 Å². The maximum absolute atomic E-state index is 5.30. The molecule has 0 aliphatic carbocycles. The van der Waals surface area contributed by atoms with Crippen LogP contribution in [0.1, 0.15) is 16.9 Å². The molecule has 21 heavy (non-hydrogen) atoms. The van der Waals surface area contributed by atoms with E-state index in [1.807, 2.05) is 37.3 Å². The van der Waals surface area contributed by atoms with E-state index in [0.29, 0.717) is 12.6 Å². The molecule has 2 aromatic heterocycles. The second-order valence-corrected chi connectivity index (χ2v) is 4.92. The van der Waals surface area contributed by atoms with E-state index in [0.717, 1.165) is 36.5 Å². The third-order valence-electron chi connectivity index (χ3n) is 3.22. The summed E-state index contributed by atoms with van der Waals surface area (Å²) in [5, 5.41) is 3.26. The molecular weight excluding hydrogens is 268 g/mol. The Labute approximate surface area is 125 Å². The van der Waals surface area contributed by atoms with Crippen LogP contribution >= 0.6 is 0 Å². The van der Waals surface area contributed by atoms with Gasteiger partial charge in [-0.25, -0.2) is 9.97 Å². The van der Waals surface area contributed by atoms with Gasteiger partial charge in [-0.1, -0.05) is 0 Å². The lowest BCUT2D eigenvalue weighted by atomic mass is 10.2. The van der Waals surface area contributed by atoms with Crippen LogP contribution in [0.25, 0.3) is 0 Å². The van der Waals surface area contributed by atoms with Gasteiger partial charge in [0.05, 0.1) is 12.9 Å². The molecule has 0 atom stereocenters. The van der Waals surface area contributed by atoms with Crippen LogP contribution in [0.15, 0.2) is 29.1 Å². The second kappa shape index (κ2) is 7.75. The zero-order valence-electron chi connectivity index (χ0n) is 12.8. The summed E-state index contributed by atoms with van der Waals surface area (Å²) in [5.74, 6) is 1.64. The largest absolute Gasteiger partial charge is 0.469 e. The number of ether oxygens (including phenoxy) is 1. The maximum atomic E-state index is 5.30. The number of rotatable bonds is 8. The summed E-state index contributed by atoms with van der Waals surface area (Å²) in [7, 11) is 3.66. The molecule has 2 rings (SSSR count). The van der Waals surface area contributed by atoms with Crippen LogP contribution in [0.4, 0.5) is 5.95 Å². The standard InChI is InChI=1S/C15H22N4O2/c1-12-14(4-6-21-12)11-19(2)15-17-9-13(10-18-15)8-16-5-7-20-3/h4,6,9-10,16H,5,7-8,11H2,1-3H3. The summed E-state index contributed by atoms with van der Waals surface area (Å²) < 4.78 is 10.3. The van der Waals surface area contributed by atoms with Crippen LogP contribution in [0.5, 0.6) is 0 Å². The van der Waals surface area contributed by atoms with Gasteiger partial charge in [0.15, 0.2) is 0 Å². The van der Waals surface area contributed by atoms with Crippen molar-refractivity contribution in [2.45, 2.75) is 20.0 Å². The first-order chi connectivity index (χ1) is 10.2. The van der Waals surface area contributed by atoms with Crippen molar-refractivity contribution in [1.82, 2.24) is 15.3 Å². The lowest BCUT2D eigenvalue weighted by molar-refractivity contribution is 0.199. The second-order valence-electron chi connectivity index (χ2n) is 4.92. The lowest BCUT2D eigenvalue weighted by Crippen LogP contribution is -2.21. The molecule has 0 unspecified atom stereocenters. The molecule has 0 saturated heterocycles. The summed E-state index contributed by atoms with van der Waals surface area (Å²) in [4.78, 5) is 10.8. The van der Waals surface area contributed by atoms with E-state index in [1.54, 1.807) is 13.4 Å². The van der Waals surface area contributed by atoms with Crippen LogP contribution in [0, 0.1) is 6.92 Å². The van der Waals surface area contributed by atoms with E-state index in [4.69, 9.17) is 9.15 Å². The summed E-state index contributed by atoms with van der Waals surface area (Å²) in [6, 6.07) is 1.97. The predicted molar refractivity (Wildman–Crippen MR) is 81.2 cm³/mol. The van der Waals surface area contributed by atoms with E-state index in [9.17, 15) is 0 Å². The maximum Gasteiger partial charge on any atom is 0.225 e. The predicted octanol–water partition coefficient (Wildman–Crippen LogP) is 1.75. The smallest absolute Gasteiger partial charge is 0.225 e. The number of hydrogen-bond donors (Lipinski definition) is 1. The number of aromatic nitrogens is 2. The number of nitrogens with one attached hydrogen (secondary N) is 1. The molecule has 0 saturated carbocycles. The summed E-state index contributed by atoms with van der Waals surface area (Å²) in [5.41, 5.74) is 2.20. The first kappa shape index (κ1) is 15.5. The molecule has 6 nitrogen and oxygen atoms in total. The van der Waals surface area contributed by atoms with Crippen molar-refractivity contribution in [3.63, 3.8) is 0 Å². The molecule has 0 spiro atoms. The van der Waals surface area contributed by atoms with E-state index >= 15 is 0 Å². The average molecular weight is 290 g/mol. The molecule has 0 amide bonds. The highest BCUT2D eigenvalue weighted by atomic mass is 16.5. The van der Waals surface area contributed by atoms with Gasteiger partial charge in [0.25, 0.3) is 0 Å². The topological polar surface area (TPSA) is 63.4 Å². The van der Waals surface area contributed by atoms with E-state index in [2.05, 4.69) is 15.3 Å². The summed E-state index contributed by atoms with van der Waals surface area (Å²) in [6.07, 6.45) is 5.40. The van der Waals surface area contributed by atoms with E-state index < -0.39 is 0 Å². The van der Waals surface area contributed by atoms with Crippen molar-refractivity contribution in [2.24, 2.45) is 0 Å². The SMILES string of the molecule is COCCNCc1cnc(N(C)Cc2ccoc2C)nc1. The zero-order chi connectivity index (χ0) is 15.1. The van der Waals surface area contributed by atoms with Gasteiger partial charge in [0.1, 0.15) is 5.76 Å². The molecule has 0 radical (unpaired) electrons. The van der Waals surface area contributed by atoms with Crippen molar-refractivity contribution >= 4 is 5.95 Å². The van der Waals surface area contributed by atoms with Crippen LogP contribution in [-0.4, -0.2) is 37.3 Å². The fourth-order valence-electron chi connectivity index (χ4n) is 1.94. The monoisotopic (exact) mass is 290 g/mol. The highest BCUT2D eigenvalue weighted by molar-refractivity contribution is 5.31. The Morgan fingerprint density at radius 2 is 2.10 bits per heavy atom. The number of anilines is 1. The van der Waals surface area contributed by atoms with Crippen molar-refractivity contribution in [3.05, 3.63) is 41.6 Å². The van der Waals surface area contributed by atoms with Gasteiger partial charge in [0, 0.05) is 57.3 Å². The molecule has 0 aliphatic rings. The first-order valence-corrected chi connectivity index (χ1v) is 6.95. The fourth-order valence-corrected chi connectivity index (χ4v) is 1.94. The van der Waals surface area contributed by atoms with Crippen molar-refractivity contribution < 1.29 is 9.15 Å². The Morgan fingerprint density at radius 3 is 2.71 bits per heavy atom. The van der Waals surface area contributed by atoms with Gasteiger partial charge < -0.3 is 19.4 Å². The Kier molecular flexibility index (Phi) is 5.71. The normalized spacial score (nSPS) is 10.8. The lowest BCUT2D eigenvalue weighted by Gasteiger charge is -2.16. The molecule has 0 aromatic carbocycles. The number of aryl methyl sites for hydroxylation is 1. The Balaban J connectivity index is 1.87. The Bertz CT molecular complexity index is 539. The molecule has 1 N–H and O–H groups in total. The fraction of sp³-hybridized carbons (Fsp3) is 0.467. The van der Waals surface area contributed by atoms with Gasteiger partial charge in [-0.05, 0) is 13.0 Å². The molecular formula is C15H22N4O2. The molecule has 0 fully saturated rings. The molecule has 2 aromatic rings. The third-order valence-corrected chi connectivity index (χ3v) is 3.22. The van der Waals surface area contributed by atoms with Gasteiger partial charge in [-0.3, -0.25) is 0 Å². The first-order valence-electron chi connectivity index (χ1n) is 6.95. The quantitative estimate of drug-likeness (QED) is 0.747. The van der Waals surface area contributed by atoms with Crippen molar-refractivity contribution in [2.75, 3.05) is 32.2 Å². The number of furan rings is 1. The van der Waals surface area contributed by atoms with Crippen LogP contribution in [-0.2, 0) is 17.8 Å². The molecule has 2 heterocycles. The van der Waals surface area contributed by atoms with Crippen LogP contribution in [0.2, 0.25) is 0 Å². The van der Waals surface area contributed by atoms with E-state index in [1.165, 1.54) is 0 Å². The summed E-state index contributed by atoms with van der Waals surface area (Å²) >= 11 is 0. The Morgan fingerprint density at radius 1 is 1.33 bits per heavy atom. The van der Waals surface area contributed by atoms with E-state index in [-0.39, 0.29) is 0 Å². The number of methoxy groups -OCH3 is 1. The number of hydrogen-bond acceptors (Lipinski definition) is 6. The van der Waals surface area contributed by atoms with Crippen LogP contribution in [0.3, 0.4) is 0 Å². The molecule has 0 bridgehead atoms. The minimum atomic E-state index is 0.700. The average Bonchev–Trinajstić information content (AvgIpc) is 2.89. The van der Waals surface area contributed by atoms with Crippen LogP contribution < -0.4 is 10.2 Å². The van der Waals surface area contributed by atoms with Gasteiger partial charge in [-0.2, -0.15) is 0 Å². The third kappa shape index (κ3) is 4.54. The highest BCUT2D eigenvalue weighted by Crippen LogP contribution is 2.14.